The number of ether oxygens (including phenoxy) is 1. The lowest BCUT2D eigenvalue weighted by molar-refractivity contribution is -0.143. The third kappa shape index (κ3) is 7.64. The van der Waals surface area contributed by atoms with E-state index >= 15 is 0 Å². The largest absolute Gasteiger partial charge is 0.468 e. The maximum Gasteiger partial charge on any atom is 0.322 e. The van der Waals surface area contributed by atoms with E-state index in [2.05, 4.69) is 10.1 Å². The van der Waals surface area contributed by atoms with Crippen LogP contribution < -0.4 is 5.32 Å². The summed E-state index contributed by atoms with van der Waals surface area (Å²) in [6, 6.07) is -0.397. The molecular weight excluding hydrogens is 230 g/mol. The zero-order valence-electron chi connectivity index (χ0n) is 10.2. The first-order valence-electron chi connectivity index (χ1n) is 5.39. The van der Waals surface area contributed by atoms with Crippen molar-refractivity contribution in [1.29, 1.82) is 0 Å². The zero-order chi connectivity index (χ0) is 12.6. The Kier molecular flexibility index (Phi) is 7.33. The summed E-state index contributed by atoms with van der Waals surface area (Å²) in [5, 5.41) is 2.91. The van der Waals surface area contributed by atoms with Gasteiger partial charge in [0.1, 0.15) is 15.9 Å². The molecule has 0 saturated carbocycles. The summed E-state index contributed by atoms with van der Waals surface area (Å²) in [6.45, 7) is 2.31. The summed E-state index contributed by atoms with van der Waals surface area (Å²) in [4.78, 5) is 11.3. The first-order chi connectivity index (χ1) is 7.40. The standard InChI is InChI=1S/C10H21NO4S/c1-4-5-6-9(10(12)15-2)11-7-8-16(3,13)14/h9,11H,4-8H2,1-3H3. The van der Waals surface area contributed by atoms with Gasteiger partial charge in [-0.05, 0) is 6.42 Å². The third-order valence-corrected chi connectivity index (χ3v) is 3.14. The van der Waals surface area contributed by atoms with Crippen LogP contribution in [0.5, 0.6) is 0 Å². The SMILES string of the molecule is CCCCC(NCCS(C)(=O)=O)C(=O)OC. The summed E-state index contributed by atoms with van der Waals surface area (Å²) in [5.74, 6) is -0.297. The van der Waals surface area contributed by atoms with Crippen LogP contribution in [0.15, 0.2) is 0 Å². The van der Waals surface area contributed by atoms with Gasteiger partial charge in [-0.3, -0.25) is 4.79 Å². The highest BCUT2D eigenvalue weighted by Crippen LogP contribution is 2.02. The number of sulfone groups is 1. The molecular formula is C10H21NO4S. The highest BCUT2D eigenvalue weighted by molar-refractivity contribution is 7.90. The first-order valence-corrected chi connectivity index (χ1v) is 7.45. The van der Waals surface area contributed by atoms with Crippen LogP contribution in [0.1, 0.15) is 26.2 Å². The summed E-state index contributed by atoms with van der Waals surface area (Å²) in [5.41, 5.74) is 0. The average Bonchev–Trinajstić information content (AvgIpc) is 2.20. The molecule has 6 heteroatoms. The van der Waals surface area contributed by atoms with Crippen LogP contribution in [0.2, 0.25) is 0 Å². The van der Waals surface area contributed by atoms with Crippen molar-refractivity contribution >= 4 is 15.8 Å². The maximum atomic E-state index is 11.3. The fourth-order valence-corrected chi connectivity index (χ4v) is 1.76. The number of unbranched alkanes of at least 4 members (excludes halogenated alkanes) is 1. The van der Waals surface area contributed by atoms with E-state index in [1.54, 1.807) is 0 Å². The summed E-state index contributed by atoms with van der Waals surface area (Å²) in [7, 11) is -1.65. The molecule has 96 valence electrons. The number of methoxy groups -OCH3 is 1. The van der Waals surface area contributed by atoms with Gasteiger partial charge in [-0.15, -0.1) is 0 Å². The molecule has 0 aromatic carbocycles. The minimum atomic E-state index is -2.99. The van der Waals surface area contributed by atoms with E-state index in [9.17, 15) is 13.2 Å². The summed E-state index contributed by atoms with van der Waals surface area (Å²) < 4.78 is 26.5. The minimum absolute atomic E-state index is 0.0343. The Hall–Kier alpha value is -0.620. The van der Waals surface area contributed by atoms with Gasteiger partial charge >= 0.3 is 5.97 Å². The Morgan fingerprint density at radius 1 is 1.44 bits per heavy atom. The van der Waals surface area contributed by atoms with E-state index in [1.807, 2.05) is 6.92 Å². The van der Waals surface area contributed by atoms with Gasteiger partial charge in [-0.25, -0.2) is 8.42 Å². The quantitative estimate of drug-likeness (QED) is 0.630. The number of carbonyl (C=O) groups excluding carboxylic acids is 1. The highest BCUT2D eigenvalue weighted by Gasteiger charge is 2.17. The van der Waals surface area contributed by atoms with E-state index in [4.69, 9.17) is 0 Å². The number of carbonyl (C=O) groups is 1. The Labute approximate surface area is 97.5 Å². The second kappa shape index (κ2) is 7.62. The van der Waals surface area contributed by atoms with Gasteiger partial charge < -0.3 is 10.1 Å². The van der Waals surface area contributed by atoms with E-state index in [0.717, 1.165) is 12.8 Å². The van der Waals surface area contributed by atoms with Gasteiger partial charge in [0.25, 0.3) is 0 Å². The molecule has 0 rings (SSSR count). The van der Waals surface area contributed by atoms with Crippen molar-refractivity contribution in [2.24, 2.45) is 0 Å². The smallest absolute Gasteiger partial charge is 0.322 e. The molecule has 1 unspecified atom stereocenters. The van der Waals surface area contributed by atoms with Crippen molar-refractivity contribution in [3.8, 4) is 0 Å². The van der Waals surface area contributed by atoms with Gasteiger partial charge in [-0.2, -0.15) is 0 Å². The maximum absolute atomic E-state index is 11.3. The lowest BCUT2D eigenvalue weighted by Gasteiger charge is -2.15. The molecule has 0 saturated heterocycles. The van der Waals surface area contributed by atoms with E-state index in [-0.39, 0.29) is 18.3 Å². The number of hydrogen-bond acceptors (Lipinski definition) is 5. The fourth-order valence-electron chi connectivity index (χ4n) is 1.27. The molecule has 0 aliphatic heterocycles. The van der Waals surface area contributed by atoms with E-state index in [1.165, 1.54) is 13.4 Å². The third-order valence-electron chi connectivity index (χ3n) is 2.20. The van der Waals surface area contributed by atoms with Crippen LogP contribution in [0.3, 0.4) is 0 Å². The molecule has 0 spiro atoms. The number of esters is 1. The molecule has 0 aliphatic rings. The van der Waals surface area contributed by atoms with Crippen molar-refractivity contribution in [2.45, 2.75) is 32.2 Å². The summed E-state index contributed by atoms with van der Waals surface area (Å²) >= 11 is 0. The molecule has 0 aromatic heterocycles. The topological polar surface area (TPSA) is 72.5 Å². The van der Waals surface area contributed by atoms with Crippen molar-refractivity contribution in [2.75, 3.05) is 25.7 Å². The fraction of sp³-hybridized carbons (Fsp3) is 0.900. The normalized spacial score (nSPS) is 13.4. The minimum Gasteiger partial charge on any atom is -0.468 e. The second-order valence-corrected chi connectivity index (χ2v) is 6.06. The molecule has 0 radical (unpaired) electrons. The zero-order valence-corrected chi connectivity index (χ0v) is 11.0. The van der Waals surface area contributed by atoms with Crippen molar-refractivity contribution in [1.82, 2.24) is 5.32 Å². The predicted molar refractivity (Wildman–Crippen MR) is 63.0 cm³/mol. The average molecular weight is 251 g/mol. The molecule has 1 N–H and O–H groups in total. The van der Waals surface area contributed by atoms with Gasteiger partial charge in [0.05, 0.1) is 12.9 Å². The molecule has 0 bridgehead atoms. The van der Waals surface area contributed by atoms with Crippen LogP contribution in [0.25, 0.3) is 0 Å². The molecule has 0 heterocycles. The number of nitrogens with one attached hydrogen (secondary N) is 1. The monoisotopic (exact) mass is 251 g/mol. The molecule has 0 fully saturated rings. The van der Waals surface area contributed by atoms with Crippen LogP contribution in [-0.2, 0) is 19.4 Å². The molecule has 5 nitrogen and oxygen atoms in total. The van der Waals surface area contributed by atoms with Gasteiger partial charge in [0, 0.05) is 12.8 Å². The van der Waals surface area contributed by atoms with Crippen LogP contribution in [-0.4, -0.2) is 46.1 Å². The Morgan fingerprint density at radius 2 is 2.06 bits per heavy atom. The van der Waals surface area contributed by atoms with E-state index in [0.29, 0.717) is 6.42 Å². The second-order valence-electron chi connectivity index (χ2n) is 3.80. The van der Waals surface area contributed by atoms with Gasteiger partial charge in [0.15, 0.2) is 0 Å². The molecule has 0 aliphatic carbocycles. The van der Waals surface area contributed by atoms with Crippen molar-refractivity contribution in [3.63, 3.8) is 0 Å². The molecule has 16 heavy (non-hydrogen) atoms. The van der Waals surface area contributed by atoms with E-state index < -0.39 is 15.9 Å². The van der Waals surface area contributed by atoms with Crippen LogP contribution in [0, 0.1) is 0 Å². The molecule has 1 atom stereocenters. The van der Waals surface area contributed by atoms with Crippen LogP contribution >= 0.6 is 0 Å². The summed E-state index contributed by atoms with van der Waals surface area (Å²) in [6.07, 6.45) is 3.74. The van der Waals surface area contributed by atoms with Gasteiger partial charge in [0.2, 0.25) is 0 Å². The molecule has 0 amide bonds. The Morgan fingerprint density at radius 3 is 2.50 bits per heavy atom. The lowest BCUT2D eigenvalue weighted by atomic mass is 10.1. The number of rotatable bonds is 8. The van der Waals surface area contributed by atoms with Crippen molar-refractivity contribution < 1.29 is 17.9 Å². The lowest BCUT2D eigenvalue weighted by Crippen LogP contribution is -2.39. The highest BCUT2D eigenvalue weighted by atomic mass is 32.2. The molecule has 0 aromatic rings. The Bertz CT molecular complexity index is 300. The van der Waals surface area contributed by atoms with Gasteiger partial charge in [-0.1, -0.05) is 19.8 Å². The Balaban J connectivity index is 4.06. The van der Waals surface area contributed by atoms with Crippen molar-refractivity contribution in [3.05, 3.63) is 0 Å². The number of hydrogen-bond donors (Lipinski definition) is 1. The van der Waals surface area contributed by atoms with Crippen LogP contribution in [0.4, 0.5) is 0 Å². The predicted octanol–water partition coefficient (Wildman–Crippen LogP) is 0.352. The first kappa shape index (κ1) is 15.4.